The fourth-order valence-corrected chi connectivity index (χ4v) is 15.1. The molecule has 2 bridgehead atoms. The summed E-state index contributed by atoms with van der Waals surface area (Å²) in [5.74, 6) is -1.51. The van der Waals surface area contributed by atoms with Gasteiger partial charge in [0.2, 0.25) is 17.7 Å². The maximum Gasteiger partial charge on any atom is 0.240 e. The number of ether oxygens (including phenoxy) is 1. The first kappa shape index (κ1) is 56.8. The molecule has 13 atom stereocenters. The third kappa shape index (κ3) is 11.0. The topological polar surface area (TPSA) is 73.4 Å². The number of amides is 3. The Morgan fingerprint density at radius 2 is 0.988 bits per heavy atom. The number of nitrogens with zero attached hydrogens (tertiary/aromatic N) is 4. The van der Waals surface area contributed by atoms with E-state index in [0.29, 0.717) is 68.8 Å². The van der Waals surface area contributed by atoms with Gasteiger partial charge < -0.3 is 14.5 Å². The zero-order valence-electron chi connectivity index (χ0n) is 45.1. The van der Waals surface area contributed by atoms with Crippen LogP contribution in [0.3, 0.4) is 0 Å². The number of likely N-dealkylation sites (tertiary alicyclic amines) is 2. The molecule has 11 rings (SSSR count). The number of morpholine rings is 1. The zero-order valence-corrected chi connectivity index (χ0v) is 49.6. The van der Waals surface area contributed by atoms with Gasteiger partial charge in [0, 0.05) is 71.8 Å². The number of rotatable bonds is 13. The Morgan fingerprint density at radius 3 is 1.48 bits per heavy atom. The Balaban J connectivity index is 1.05. The lowest BCUT2D eigenvalue weighted by Gasteiger charge is -2.51. The first-order chi connectivity index (χ1) is 38.5. The molecule has 80 heavy (non-hydrogen) atoms. The third-order valence-corrected chi connectivity index (χ3v) is 19.3. The minimum atomic E-state index is -1.00. The summed E-state index contributed by atoms with van der Waals surface area (Å²) in [6.45, 7) is 8.74. The van der Waals surface area contributed by atoms with Crippen molar-refractivity contribution in [3.05, 3.63) is 227 Å². The van der Waals surface area contributed by atoms with E-state index in [9.17, 15) is 4.79 Å². The van der Waals surface area contributed by atoms with E-state index < -0.39 is 29.8 Å². The molecule has 414 valence electrons. The van der Waals surface area contributed by atoms with Gasteiger partial charge in [-0.1, -0.05) is 170 Å². The van der Waals surface area contributed by atoms with E-state index in [-0.39, 0.29) is 71.8 Å². The molecule has 5 aliphatic heterocycles. The number of carbonyl (C=O) groups excluding carboxylic acids is 3. The summed E-state index contributed by atoms with van der Waals surface area (Å²) in [6, 6.07) is 45.0. The summed E-state index contributed by atoms with van der Waals surface area (Å²) < 4.78 is 7.34. The average Bonchev–Trinajstić information content (AvgIpc) is 4.05. The highest BCUT2D eigenvalue weighted by atomic mass is 35.5. The molecule has 6 aromatic rings. The van der Waals surface area contributed by atoms with Crippen molar-refractivity contribution in [1.82, 2.24) is 19.8 Å². The quantitative estimate of drug-likeness (QED) is 0.108. The standard InChI is InChI=1S/C66H64Cl6N4O4/c1-5-42(10-9-29-73-59(43-17-23-49(67)24-18-43)55(30-39(2)63(73)77)46-11-6-14-52(70)33-46)36-66-38-74(76-61(45-21-27-51(69)28-22-45)57(32-41(4)65(76)79)48-13-8-16-54(72)35-48)58(37-80-66)62(66)75-60(44-19-25-50(68)26-20-44)56(31-40(3)64(75)78)47-12-7-15-53(71)34-47/h6-8,10-29,33-35,39-42,55-62H,5,30-32,36-38H2,1-4H3/t9?,39-,40?,41?,42+,55+,56?,57?,58-,59+,60?,61?,62+,66+/m0/s1. The van der Waals surface area contributed by atoms with Crippen LogP contribution in [0.25, 0.3) is 0 Å². The second-order valence-electron chi connectivity index (χ2n) is 22.9. The van der Waals surface area contributed by atoms with Crippen molar-refractivity contribution in [1.29, 1.82) is 0 Å². The number of hydrazine groups is 1. The summed E-state index contributed by atoms with van der Waals surface area (Å²) in [6.07, 6.45) is 6.88. The normalized spacial score (nSPS) is 29.2. The van der Waals surface area contributed by atoms with Crippen LogP contribution >= 0.6 is 69.6 Å². The largest absolute Gasteiger partial charge is 0.370 e. The fraction of sp³-hybridized carbons (Fsp3) is 0.364. The highest BCUT2D eigenvalue weighted by molar-refractivity contribution is 6.32. The van der Waals surface area contributed by atoms with Crippen molar-refractivity contribution in [3.63, 3.8) is 0 Å². The van der Waals surface area contributed by atoms with Gasteiger partial charge in [0.15, 0.2) is 0 Å². The van der Waals surface area contributed by atoms with Crippen molar-refractivity contribution >= 4 is 87.3 Å². The molecule has 0 spiro atoms. The summed E-state index contributed by atoms with van der Waals surface area (Å²) in [4.78, 5) is 49.7. The predicted molar refractivity (Wildman–Crippen MR) is 321 cm³/mol. The van der Waals surface area contributed by atoms with Crippen LogP contribution in [0.1, 0.15) is 129 Å². The van der Waals surface area contributed by atoms with Crippen LogP contribution in [0.2, 0.25) is 30.1 Å². The Hall–Kier alpha value is -5.09. The molecule has 0 radical (unpaired) electrons. The van der Waals surface area contributed by atoms with Crippen LogP contribution < -0.4 is 0 Å². The predicted octanol–water partition coefficient (Wildman–Crippen LogP) is 16.9. The smallest absolute Gasteiger partial charge is 0.240 e. The molecule has 6 unspecified atom stereocenters. The molecule has 5 aliphatic rings. The van der Waals surface area contributed by atoms with E-state index in [2.05, 4.69) is 46.8 Å². The van der Waals surface area contributed by atoms with Gasteiger partial charge in [0.05, 0.1) is 43.4 Å². The van der Waals surface area contributed by atoms with Gasteiger partial charge in [-0.25, -0.2) is 5.01 Å². The lowest BCUT2D eigenvalue weighted by Crippen LogP contribution is -2.60. The summed E-state index contributed by atoms with van der Waals surface area (Å²) >= 11 is 39.9. The summed E-state index contributed by atoms with van der Waals surface area (Å²) in [5, 5.41) is 7.94. The number of carbonyl (C=O) groups is 3. The fourth-order valence-electron chi connectivity index (χ4n) is 14.1. The maximum absolute atomic E-state index is 15.7. The molecule has 3 amide bonds. The molecule has 6 aromatic carbocycles. The van der Waals surface area contributed by atoms with E-state index in [1.165, 1.54) is 0 Å². The first-order valence-electron chi connectivity index (χ1n) is 27.9. The van der Waals surface area contributed by atoms with Gasteiger partial charge in [-0.2, -0.15) is 0 Å². The van der Waals surface area contributed by atoms with Crippen molar-refractivity contribution < 1.29 is 19.1 Å². The van der Waals surface area contributed by atoms with E-state index >= 15 is 9.59 Å². The van der Waals surface area contributed by atoms with Crippen LogP contribution in [0.15, 0.2) is 164 Å². The second kappa shape index (κ2) is 23.6. The minimum Gasteiger partial charge on any atom is -0.370 e. The Morgan fingerprint density at radius 1 is 0.550 bits per heavy atom. The zero-order chi connectivity index (χ0) is 56.1. The minimum absolute atomic E-state index is 0.00351. The van der Waals surface area contributed by atoms with Gasteiger partial charge in [-0.3, -0.25) is 19.4 Å². The maximum atomic E-state index is 15.7. The highest BCUT2D eigenvalue weighted by Crippen LogP contribution is 2.57. The van der Waals surface area contributed by atoms with Crippen molar-refractivity contribution in [2.75, 3.05) is 13.2 Å². The van der Waals surface area contributed by atoms with Crippen molar-refractivity contribution in [3.8, 4) is 0 Å². The van der Waals surface area contributed by atoms with Gasteiger partial charge in [0.25, 0.3) is 0 Å². The number of halogens is 6. The Kier molecular flexibility index (Phi) is 16.8. The Bertz CT molecular complexity index is 3340. The van der Waals surface area contributed by atoms with Crippen LogP contribution in [0.4, 0.5) is 0 Å². The Labute approximate surface area is 500 Å². The van der Waals surface area contributed by atoms with Crippen LogP contribution in [-0.4, -0.2) is 68.4 Å². The number of hydrogen-bond donors (Lipinski definition) is 0. The molecule has 0 aromatic heterocycles. The lowest BCUT2D eigenvalue weighted by atomic mass is 9.73. The van der Waals surface area contributed by atoms with Gasteiger partial charge in [-0.15, -0.1) is 5.73 Å². The molecule has 5 saturated heterocycles. The molecule has 5 fully saturated rings. The molecular formula is C66H64Cl6N4O4. The van der Waals surface area contributed by atoms with Crippen molar-refractivity contribution in [2.45, 2.75) is 113 Å². The van der Waals surface area contributed by atoms with Gasteiger partial charge >= 0.3 is 0 Å². The van der Waals surface area contributed by atoms with Gasteiger partial charge in [0.1, 0.15) is 5.60 Å². The SMILES string of the molecule is CC[C@H](C=C=CN1C(=O)[C@@H](C)C[C@H](c2cccc(Cl)c2)[C@H]1c1ccc(Cl)cc1)C[C@]12CN(N3C(=O)C(C)CC(c4cccc(Cl)c4)C3c3ccc(Cl)cc3)[C@@H](CO1)[C@H]2N1C(=O)C(C)CC(c2cccc(Cl)c2)C1c1ccc(Cl)cc1. The molecule has 0 saturated carbocycles. The van der Waals surface area contributed by atoms with Crippen molar-refractivity contribution in [2.24, 2.45) is 23.7 Å². The van der Waals surface area contributed by atoms with Gasteiger partial charge in [-0.05, 0) is 150 Å². The molecular weight excluding hydrogens is 1130 g/mol. The lowest BCUT2D eigenvalue weighted by molar-refractivity contribution is -0.187. The second-order valence-corrected chi connectivity index (χ2v) is 25.5. The molecule has 8 nitrogen and oxygen atoms in total. The third-order valence-electron chi connectivity index (χ3n) is 17.8. The number of hydrogen-bond acceptors (Lipinski definition) is 5. The number of piperidine rings is 3. The molecule has 14 heteroatoms. The average molecular weight is 1190 g/mol. The van der Waals surface area contributed by atoms with E-state index in [0.717, 1.165) is 33.4 Å². The highest BCUT2D eigenvalue weighted by Gasteiger charge is 2.67. The number of benzene rings is 6. The van der Waals surface area contributed by atoms with E-state index in [1.54, 1.807) is 0 Å². The van der Waals surface area contributed by atoms with Crippen LogP contribution in [-0.2, 0) is 19.1 Å². The molecule has 0 N–H and O–H groups in total. The summed E-state index contributed by atoms with van der Waals surface area (Å²) in [5.41, 5.74) is 8.49. The first-order valence-corrected chi connectivity index (χ1v) is 30.1. The van der Waals surface area contributed by atoms with Crippen LogP contribution in [0.5, 0.6) is 0 Å². The molecule has 5 heterocycles. The van der Waals surface area contributed by atoms with E-state index in [4.69, 9.17) is 74.3 Å². The number of allylic oxidation sites excluding steroid dienone is 1. The van der Waals surface area contributed by atoms with E-state index in [1.807, 2.05) is 164 Å². The molecule has 0 aliphatic carbocycles. The number of fused-ring (bicyclic) bond motifs is 2. The monoisotopic (exact) mass is 1190 g/mol. The van der Waals surface area contributed by atoms with Crippen LogP contribution in [0, 0.1) is 23.7 Å². The summed E-state index contributed by atoms with van der Waals surface area (Å²) in [7, 11) is 0.